The highest BCUT2D eigenvalue weighted by atomic mass is 16.5. The van der Waals surface area contributed by atoms with Crippen molar-refractivity contribution in [1.82, 2.24) is 5.32 Å². The van der Waals surface area contributed by atoms with E-state index >= 15 is 0 Å². The van der Waals surface area contributed by atoms with Gasteiger partial charge < -0.3 is 14.8 Å². The summed E-state index contributed by atoms with van der Waals surface area (Å²) in [6, 6.07) is 8.39. The number of aryl methyl sites for hydroxylation is 1. The van der Waals surface area contributed by atoms with Gasteiger partial charge in [-0.3, -0.25) is 4.79 Å². The fourth-order valence-electron chi connectivity index (χ4n) is 3.22. The van der Waals surface area contributed by atoms with E-state index in [-0.39, 0.29) is 24.2 Å². The molecule has 1 atom stereocenters. The first-order valence-corrected chi connectivity index (χ1v) is 8.72. The van der Waals surface area contributed by atoms with Gasteiger partial charge in [0.2, 0.25) is 5.91 Å². The van der Waals surface area contributed by atoms with Crippen LogP contribution in [0.5, 0.6) is 0 Å². The van der Waals surface area contributed by atoms with Crippen molar-refractivity contribution in [1.29, 1.82) is 0 Å². The number of amides is 1. The Balaban J connectivity index is 1.41. The second kappa shape index (κ2) is 7.45. The predicted molar refractivity (Wildman–Crippen MR) is 89.4 cm³/mol. The summed E-state index contributed by atoms with van der Waals surface area (Å²) in [5.41, 5.74) is 2.56. The Morgan fingerprint density at radius 1 is 1.35 bits per heavy atom. The van der Waals surface area contributed by atoms with Crippen LogP contribution in [-0.2, 0) is 20.7 Å². The van der Waals surface area contributed by atoms with E-state index in [2.05, 4.69) is 36.5 Å². The normalized spacial score (nSPS) is 22.6. The first-order chi connectivity index (χ1) is 11.2. The molecule has 1 saturated carbocycles. The molecular formula is C19H27NO3. The summed E-state index contributed by atoms with van der Waals surface area (Å²) in [7, 11) is 0. The van der Waals surface area contributed by atoms with Crippen LogP contribution in [0.3, 0.4) is 0 Å². The van der Waals surface area contributed by atoms with Gasteiger partial charge in [0.25, 0.3) is 0 Å². The maximum absolute atomic E-state index is 12.1. The van der Waals surface area contributed by atoms with Gasteiger partial charge in [0.05, 0.1) is 12.7 Å². The van der Waals surface area contributed by atoms with E-state index in [9.17, 15) is 4.79 Å². The molecule has 0 bridgehead atoms. The molecule has 126 valence electrons. The summed E-state index contributed by atoms with van der Waals surface area (Å²) in [5, 5.41) is 3.18. The minimum atomic E-state index is -0.0477. The zero-order valence-electron chi connectivity index (χ0n) is 14.0. The Morgan fingerprint density at radius 2 is 2.17 bits per heavy atom. The third-order valence-electron chi connectivity index (χ3n) is 4.86. The van der Waals surface area contributed by atoms with Crippen LogP contribution in [0, 0.1) is 6.92 Å². The number of nitrogens with one attached hydrogen (secondary N) is 1. The van der Waals surface area contributed by atoms with E-state index in [1.807, 2.05) is 0 Å². The van der Waals surface area contributed by atoms with Crippen molar-refractivity contribution < 1.29 is 14.3 Å². The molecule has 0 radical (unpaired) electrons. The maximum Gasteiger partial charge on any atom is 0.246 e. The molecule has 0 aromatic heterocycles. The number of benzene rings is 1. The molecule has 1 heterocycles. The summed E-state index contributed by atoms with van der Waals surface area (Å²) in [6.07, 6.45) is 6.56. The van der Waals surface area contributed by atoms with Crippen LogP contribution in [0.1, 0.15) is 43.2 Å². The third-order valence-corrected chi connectivity index (χ3v) is 4.86. The van der Waals surface area contributed by atoms with Gasteiger partial charge in [0, 0.05) is 12.1 Å². The molecule has 2 fully saturated rings. The Labute approximate surface area is 138 Å². The quantitative estimate of drug-likeness (QED) is 0.841. The largest absolute Gasteiger partial charge is 0.376 e. The molecule has 2 aliphatic rings. The third kappa shape index (κ3) is 4.79. The lowest BCUT2D eigenvalue weighted by atomic mass is 9.99. The lowest BCUT2D eigenvalue weighted by Gasteiger charge is -2.23. The van der Waals surface area contributed by atoms with Crippen molar-refractivity contribution in [3.8, 4) is 0 Å². The minimum absolute atomic E-state index is 0.00751. The Morgan fingerprint density at radius 3 is 2.87 bits per heavy atom. The van der Waals surface area contributed by atoms with Crippen LogP contribution >= 0.6 is 0 Å². The van der Waals surface area contributed by atoms with Gasteiger partial charge in [-0.15, -0.1) is 0 Å². The summed E-state index contributed by atoms with van der Waals surface area (Å²) in [4.78, 5) is 12.1. The molecule has 1 saturated heterocycles. The van der Waals surface area contributed by atoms with E-state index in [0.29, 0.717) is 6.61 Å². The fourth-order valence-corrected chi connectivity index (χ4v) is 3.22. The van der Waals surface area contributed by atoms with Crippen molar-refractivity contribution in [2.45, 2.75) is 57.1 Å². The molecule has 1 N–H and O–H groups in total. The summed E-state index contributed by atoms with van der Waals surface area (Å²) in [6.45, 7) is 3.61. The van der Waals surface area contributed by atoms with E-state index in [0.717, 1.165) is 38.7 Å². The molecule has 4 nitrogen and oxygen atoms in total. The van der Waals surface area contributed by atoms with Gasteiger partial charge in [-0.25, -0.2) is 0 Å². The molecule has 0 unspecified atom stereocenters. The summed E-state index contributed by atoms with van der Waals surface area (Å²) >= 11 is 0. The number of carbonyl (C=O) groups is 1. The average Bonchev–Trinajstić information content (AvgIpc) is 3.30. The van der Waals surface area contributed by atoms with Crippen molar-refractivity contribution in [3.63, 3.8) is 0 Å². The van der Waals surface area contributed by atoms with Crippen molar-refractivity contribution in [2.24, 2.45) is 0 Å². The molecule has 1 amide bonds. The molecular weight excluding hydrogens is 290 g/mol. The van der Waals surface area contributed by atoms with Crippen molar-refractivity contribution in [2.75, 3.05) is 19.8 Å². The number of hydrogen-bond donors (Lipinski definition) is 1. The molecule has 1 aliphatic heterocycles. The Bertz CT molecular complexity index is 533. The van der Waals surface area contributed by atoms with E-state index < -0.39 is 0 Å². The Kier molecular flexibility index (Phi) is 5.34. The zero-order valence-corrected chi connectivity index (χ0v) is 14.0. The molecule has 1 aromatic carbocycles. The topological polar surface area (TPSA) is 47.6 Å². The number of ether oxygens (including phenoxy) is 2. The van der Waals surface area contributed by atoms with Crippen LogP contribution in [0.2, 0.25) is 0 Å². The second-order valence-corrected chi connectivity index (χ2v) is 6.94. The van der Waals surface area contributed by atoms with Gasteiger partial charge in [0.15, 0.2) is 0 Å². The van der Waals surface area contributed by atoms with Crippen molar-refractivity contribution in [3.05, 3.63) is 35.4 Å². The highest BCUT2D eigenvalue weighted by Crippen LogP contribution is 2.39. The monoisotopic (exact) mass is 317 g/mol. The SMILES string of the molecule is Cc1ccccc1CC1(NC(=O)COC[C@H]2CCCCO2)CC1. The van der Waals surface area contributed by atoms with E-state index in [4.69, 9.17) is 9.47 Å². The average molecular weight is 317 g/mol. The van der Waals surface area contributed by atoms with Crippen LogP contribution in [-0.4, -0.2) is 37.4 Å². The molecule has 23 heavy (non-hydrogen) atoms. The maximum atomic E-state index is 12.1. The Hall–Kier alpha value is -1.39. The van der Waals surface area contributed by atoms with Crippen LogP contribution in [0.25, 0.3) is 0 Å². The second-order valence-electron chi connectivity index (χ2n) is 6.94. The molecule has 1 aliphatic carbocycles. The van der Waals surface area contributed by atoms with Gasteiger partial charge in [-0.05, 0) is 56.6 Å². The van der Waals surface area contributed by atoms with Crippen LogP contribution in [0.15, 0.2) is 24.3 Å². The van der Waals surface area contributed by atoms with Crippen LogP contribution in [0.4, 0.5) is 0 Å². The molecule has 1 aromatic rings. The number of hydrogen-bond acceptors (Lipinski definition) is 3. The zero-order chi connectivity index (χ0) is 16.1. The smallest absolute Gasteiger partial charge is 0.246 e. The summed E-state index contributed by atoms with van der Waals surface area (Å²) < 4.78 is 11.2. The predicted octanol–water partition coefficient (Wildman–Crippen LogP) is 2.77. The lowest BCUT2D eigenvalue weighted by Crippen LogP contribution is -2.41. The molecule has 4 heteroatoms. The molecule has 3 rings (SSSR count). The minimum Gasteiger partial charge on any atom is -0.376 e. The molecule has 0 spiro atoms. The first kappa shape index (κ1) is 16.5. The standard InChI is InChI=1S/C19H27NO3/c1-15-6-2-3-7-16(15)12-19(9-10-19)20-18(21)14-22-13-17-8-4-5-11-23-17/h2-3,6-7,17H,4-5,8-14H2,1H3,(H,20,21)/t17-/m1/s1. The fraction of sp³-hybridized carbons (Fsp3) is 0.632. The lowest BCUT2D eigenvalue weighted by molar-refractivity contribution is -0.128. The van der Waals surface area contributed by atoms with Gasteiger partial charge >= 0.3 is 0 Å². The number of carbonyl (C=O) groups excluding carboxylic acids is 1. The van der Waals surface area contributed by atoms with Crippen LogP contribution < -0.4 is 5.32 Å². The number of rotatable bonds is 7. The van der Waals surface area contributed by atoms with Gasteiger partial charge in [0.1, 0.15) is 6.61 Å². The first-order valence-electron chi connectivity index (χ1n) is 8.72. The van der Waals surface area contributed by atoms with Gasteiger partial charge in [-0.1, -0.05) is 24.3 Å². The van der Waals surface area contributed by atoms with E-state index in [1.54, 1.807) is 0 Å². The highest BCUT2D eigenvalue weighted by molar-refractivity contribution is 5.78. The van der Waals surface area contributed by atoms with E-state index in [1.165, 1.54) is 17.5 Å². The highest BCUT2D eigenvalue weighted by Gasteiger charge is 2.44. The van der Waals surface area contributed by atoms with Crippen molar-refractivity contribution >= 4 is 5.91 Å². The van der Waals surface area contributed by atoms with Gasteiger partial charge in [-0.2, -0.15) is 0 Å². The summed E-state index contributed by atoms with van der Waals surface area (Å²) in [5.74, 6) is -0.00751.